The van der Waals surface area contributed by atoms with Crippen LogP contribution in [0, 0.1) is 18.6 Å². The second-order valence-electron chi connectivity index (χ2n) is 9.70. The molecule has 4 aromatic rings. The largest absolute Gasteiger partial charge is 0.367 e. The summed E-state index contributed by atoms with van der Waals surface area (Å²) in [5.41, 5.74) is 1.63. The van der Waals surface area contributed by atoms with Crippen molar-refractivity contribution in [2.75, 3.05) is 18.0 Å². The van der Waals surface area contributed by atoms with Gasteiger partial charge in [0.05, 0.1) is 24.9 Å². The first-order valence-electron chi connectivity index (χ1n) is 12.1. The molecule has 8 nitrogen and oxygen atoms in total. The molecule has 2 fully saturated rings. The van der Waals surface area contributed by atoms with Gasteiger partial charge in [0, 0.05) is 42.5 Å². The Hall–Kier alpha value is -3.66. The smallest absolute Gasteiger partial charge is 0.279 e. The quantitative estimate of drug-likeness (QED) is 0.427. The minimum absolute atomic E-state index is 0.115. The molecule has 6 rings (SSSR count). The molecule has 1 aliphatic heterocycles. The Balaban J connectivity index is 1.47. The van der Waals surface area contributed by atoms with E-state index in [4.69, 9.17) is 9.72 Å². The number of ether oxygens (including phenoxy) is 1. The normalized spacial score (nSPS) is 20.3. The van der Waals surface area contributed by atoms with E-state index in [1.807, 2.05) is 28.9 Å². The van der Waals surface area contributed by atoms with Crippen LogP contribution >= 0.6 is 0 Å². The van der Waals surface area contributed by atoms with Crippen LogP contribution in [0.25, 0.3) is 22.2 Å². The number of rotatable bonds is 4. The van der Waals surface area contributed by atoms with Gasteiger partial charge in [-0.2, -0.15) is 5.10 Å². The summed E-state index contributed by atoms with van der Waals surface area (Å²) in [5, 5.41) is 4.50. The average molecular weight is 493 g/mol. The molecule has 0 radical (unpaired) electrons. The molecule has 3 aromatic heterocycles. The lowest BCUT2D eigenvalue weighted by molar-refractivity contribution is -0.0176. The molecule has 186 valence electrons. The highest BCUT2D eigenvalue weighted by molar-refractivity contribution is 5.93. The molecular formula is C26H26F2N6O2. The van der Waals surface area contributed by atoms with Gasteiger partial charge in [-0.15, -0.1) is 0 Å². The molecule has 1 aromatic carbocycles. The van der Waals surface area contributed by atoms with E-state index in [-0.39, 0.29) is 34.4 Å². The maximum atomic E-state index is 14.9. The van der Waals surface area contributed by atoms with Crippen molar-refractivity contribution in [3.8, 4) is 11.1 Å². The van der Waals surface area contributed by atoms with Gasteiger partial charge in [-0.05, 0) is 44.9 Å². The van der Waals surface area contributed by atoms with Crippen LogP contribution in [-0.2, 0) is 11.8 Å². The van der Waals surface area contributed by atoms with Crippen LogP contribution in [0.3, 0.4) is 0 Å². The first-order valence-corrected chi connectivity index (χ1v) is 12.1. The van der Waals surface area contributed by atoms with Crippen molar-refractivity contribution < 1.29 is 13.5 Å². The lowest BCUT2D eigenvalue weighted by Crippen LogP contribution is -2.43. The van der Waals surface area contributed by atoms with Crippen molar-refractivity contribution in [1.29, 1.82) is 0 Å². The van der Waals surface area contributed by atoms with Crippen molar-refractivity contribution in [1.82, 2.24) is 24.3 Å². The number of halogens is 2. The average Bonchev–Trinajstić information content (AvgIpc) is 3.58. The molecule has 10 heteroatoms. The maximum absolute atomic E-state index is 14.9. The van der Waals surface area contributed by atoms with Crippen LogP contribution < -0.4 is 10.5 Å². The predicted molar refractivity (Wildman–Crippen MR) is 131 cm³/mol. The highest BCUT2D eigenvalue weighted by atomic mass is 19.1. The zero-order valence-electron chi connectivity index (χ0n) is 20.3. The van der Waals surface area contributed by atoms with Crippen LogP contribution in [0.15, 0.2) is 41.5 Å². The summed E-state index contributed by atoms with van der Waals surface area (Å²) in [7, 11) is 1.63. The summed E-state index contributed by atoms with van der Waals surface area (Å²) in [5.74, 6) is -0.418. The van der Waals surface area contributed by atoms with Crippen molar-refractivity contribution in [2.45, 2.75) is 44.9 Å². The topological polar surface area (TPSA) is 78.1 Å². The first kappa shape index (κ1) is 22.8. The van der Waals surface area contributed by atoms with E-state index in [9.17, 15) is 13.6 Å². The standard InChI is InChI=1S/C26H26F2N6O2/c1-14-11-33(13-22(36-14)16-10-29-34(12-16)18-5-6-18)23-9-20(19-7-4-17(27)8-21(19)28)24-25(31-23)26(35)32(3)15(2)30-24/h4,7-10,12,14,18,22H,5-6,11,13H2,1-3H3/t14-,22+/m0/s1. The fourth-order valence-electron chi connectivity index (χ4n) is 4.79. The summed E-state index contributed by atoms with van der Waals surface area (Å²) in [6, 6.07) is 5.60. The van der Waals surface area contributed by atoms with Crippen LogP contribution in [0.5, 0.6) is 0 Å². The third-order valence-electron chi connectivity index (χ3n) is 6.97. The number of aromatic nitrogens is 5. The van der Waals surface area contributed by atoms with E-state index < -0.39 is 11.6 Å². The third-order valence-corrected chi connectivity index (χ3v) is 6.97. The second kappa shape index (κ2) is 8.48. The van der Waals surface area contributed by atoms with Gasteiger partial charge in [-0.1, -0.05) is 0 Å². The van der Waals surface area contributed by atoms with Gasteiger partial charge in [-0.3, -0.25) is 14.0 Å². The minimum Gasteiger partial charge on any atom is -0.367 e. The summed E-state index contributed by atoms with van der Waals surface area (Å²) < 4.78 is 38.2. The summed E-state index contributed by atoms with van der Waals surface area (Å²) in [6.07, 6.45) is 5.81. The van der Waals surface area contributed by atoms with Crippen molar-refractivity contribution in [3.05, 3.63) is 70.0 Å². The Morgan fingerprint density at radius 1 is 1.06 bits per heavy atom. The lowest BCUT2D eigenvalue weighted by Gasteiger charge is -2.37. The van der Waals surface area contributed by atoms with Crippen LogP contribution in [-0.4, -0.2) is 43.5 Å². The van der Waals surface area contributed by atoms with Crippen LogP contribution in [0.4, 0.5) is 14.6 Å². The maximum Gasteiger partial charge on any atom is 0.279 e. The number of anilines is 1. The Morgan fingerprint density at radius 2 is 1.86 bits per heavy atom. The van der Waals surface area contributed by atoms with Crippen molar-refractivity contribution in [2.24, 2.45) is 7.05 Å². The molecule has 1 saturated heterocycles. The van der Waals surface area contributed by atoms with Gasteiger partial charge in [0.15, 0.2) is 5.52 Å². The van der Waals surface area contributed by atoms with Crippen LogP contribution in [0.1, 0.15) is 43.3 Å². The number of hydrogen-bond acceptors (Lipinski definition) is 6. The number of pyridine rings is 1. The van der Waals surface area contributed by atoms with Gasteiger partial charge < -0.3 is 9.64 Å². The van der Waals surface area contributed by atoms with E-state index >= 15 is 0 Å². The van der Waals surface area contributed by atoms with Crippen molar-refractivity contribution >= 4 is 16.9 Å². The summed E-state index contributed by atoms with van der Waals surface area (Å²) in [6.45, 7) is 4.71. The molecule has 0 N–H and O–H groups in total. The molecular weight excluding hydrogens is 466 g/mol. The highest BCUT2D eigenvalue weighted by Gasteiger charge is 2.31. The van der Waals surface area contributed by atoms with Crippen molar-refractivity contribution in [3.63, 3.8) is 0 Å². The predicted octanol–water partition coefficient (Wildman–Crippen LogP) is 4.08. The van der Waals surface area contributed by atoms with Gasteiger partial charge in [-0.25, -0.2) is 18.7 Å². The van der Waals surface area contributed by atoms with Gasteiger partial charge in [0.1, 0.15) is 34.9 Å². The summed E-state index contributed by atoms with van der Waals surface area (Å²) >= 11 is 0. The van der Waals surface area contributed by atoms with Crippen LogP contribution in [0.2, 0.25) is 0 Å². The number of aryl methyl sites for hydroxylation is 1. The molecule has 0 spiro atoms. The summed E-state index contributed by atoms with van der Waals surface area (Å²) in [4.78, 5) is 24.5. The Morgan fingerprint density at radius 3 is 2.61 bits per heavy atom. The lowest BCUT2D eigenvalue weighted by atomic mass is 10.0. The monoisotopic (exact) mass is 492 g/mol. The minimum atomic E-state index is -0.728. The van der Waals surface area contributed by atoms with E-state index in [2.05, 4.69) is 10.1 Å². The number of fused-ring (bicyclic) bond motifs is 1. The molecule has 2 aliphatic rings. The van der Waals surface area contributed by atoms with E-state index in [1.165, 1.54) is 16.7 Å². The molecule has 1 saturated carbocycles. The van der Waals surface area contributed by atoms with E-state index in [0.29, 0.717) is 36.3 Å². The number of morpholine rings is 1. The zero-order chi connectivity index (χ0) is 25.1. The van der Waals surface area contributed by atoms with E-state index in [0.717, 1.165) is 24.5 Å². The molecule has 0 unspecified atom stereocenters. The second-order valence-corrected chi connectivity index (χ2v) is 9.70. The Bertz CT molecular complexity index is 1540. The number of hydrogen-bond donors (Lipinski definition) is 0. The van der Waals surface area contributed by atoms with Gasteiger partial charge in [0.2, 0.25) is 0 Å². The fraction of sp³-hybridized carbons (Fsp3) is 0.385. The molecule has 0 bridgehead atoms. The first-order chi connectivity index (χ1) is 17.3. The molecule has 2 atom stereocenters. The SMILES string of the molecule is Cc1nc2c(-c3ccc(F)cc3F)cc(N3C[C@H](C)O[C@@H](c4cnn(C5CC5)c4)C3)nc2c(=O)n1C. The number of benzene rings is 1. The molecule has 1 aliphatic carbocycles. The zero-order valence-corrected chi connectivity index (χ0v) is 20.3. The molecule has 4 heterocycles. The Labute approximate surface area is 206 Å². The molecule has 0 amide bonds. The van der Waals surface area contributed by atoms with E-state index in [1.54, 1.807) is 20.0 Å². The van der Waals surface area contributed by atoms with Gasteiger partial charge >= 0.3 is 0 Å². The molecule has 36 heavy (non-hydrogen) atoms. The Kier molecular flexibility index (Phi) is 5.36. The third kappa shape index (κ3) is 3.95. The van der Waals surface area contributed by atoms with Gasteiger partial charge in [0.25, 0.3) is 5.56 Å². The number of nitrogens with zero attached hydrogens (tertiary/aromatic N) is 6. The fourth-order valence-corrected chi connectivity index (χ4v) is 4.79. The highest BCUT2D eigenvalue weighted by Crippen LogP contribution is 2.37.